The van der Waals surface area contributed by atoms with Gasteiger partial charge in [-0.25, -0.2) is 14.8 Å². The molecule has 0 atom stereocenters. The highest BCUT2D eigenvalue weighted by Gasteiger charge is 2.13. The van der Waals surface area contributed by atoms with Gasteiger partial charge in [-0.05, 0) is 6.07 Å². The molecule has 94 valence electrons. The Hall–Kier alpha value is -2.21. The number of fused-ring (bicyclic) bond motifs is 1. The van der Waals surface area contributed by atoms with E-state index in [9.17, 15) is 4.79 Å². The molecule has 0 saturated carbocycles. The first-order chi connectivity index (χ1) is 9.16. The molecule has 0 unspecified atom stereocenters. The molecule has 0 aliphatic rings. The lowest BCUT2D eigenvalue weighted by Gasteiger charge is -2.05. The number of benzene rings is 1. The van der Waals surface area contributed by atoms with Crippen LogP contribution < -0.4 is 0 Å². The first kappa shape index (κ1) is 11.9. The fourth-order valence-electron chi connectivity index (χ4n) is 1.89. The minimum atomic E-state index is -1.05. The molecule has 0 aliphatic carbocycles. The van der Waals surface area contributed by atoms with Crippen LogP contribution in [0.15, 0.2) is 47.5 Å². The van der Waals surface area contributed by atoms with E-state index in [1.807, 2.05) is 24.3 Å². The minimum Gasteiger partial charge on any atom is -0.476 e. The number of rotatable bonds is 2. The van der Waals surface area contributed by atoms with Gasteiger partial charge in [0.1, 0.15) is 12.0 Å². The van der Waals surface area contributed by atoms with Gasteiger partial charge in [0.05, 0.1) is 0 Å². The van der Waals surface area contributed by atoms with Gasteiger partial charge >= 0.3 is 5.97 Å². The van der Waals surface area contributed by atoms with E-state index in [2.05, 4.69) is 25.9 Å². The molecule has 1 N–H and O–H groups in total. The van der Waals surface area contributed by atoms with E-state index < -0.39 is 5.97 Å². The van der Waals surface area contributed by atoms with Gasteiger partial charge in [-0.1, -0.05) is 34.1 Å². The Labute approximate surface area is 116 Å². The SMILES string of the molecule is O=C(O)c1cn2cncc(-c3ccccc3Br)c2n1. The Kier molecular flexibility index (Phi) is 2.79. The second-order valence-electron chi connectivity index (χ2n) is 3.95. The third-order valence-electron chi connectivity index (χ3n) is 2.75. The van der Waals surface area contributed by atoms with Crippen molar-refractivity contribution in [2.45, 2.75) is 0 Å². The van der Waals surface area contributed by atoms with Gasteiger partial charge in [0.2, 0.25) is 0 Å². The number of hydrogen-bond acceptors (Lipinski definition) is 3. The van der Waals surface area contributed by atoms with E-state index in [4.69, 9.17) is 5.11 Å². The summed E-state index contributed by atoms with van der Waals surface area (Å²) in [6, 6.07) is 7.66. The summed E-state index contributed by atoms with van der Waals surface area (Å²) in [5.41, 5.74) is 2.27. The molecule has 0 saturated heterocycles. The Balaban J connectivity index is 2.30. The van der Waals surface area contributed by atoms with E-state index >= 15 is 0 Å². The van der Waals surface area contributed by atoms with Crippen molar-refractivity contribution < 1.29 is 9.90 Å². The number of aromatic nitrogens is 3. The summed E-state index contributed by atoms with van der Waals surface area (Å²) in [5, 5.41) is 9.00. The van der Waals surface area contributed by atoms with Gasteiger partial charge in [0.25, 0.3) is 0 Å². The summed E-state index contributed by atoms with van der Waals surface area (Å²) in [6.45, 7) is 0. The first-order valence-corrected chi connectivity index (χ1v) is 6.27. The number of halogens is 1. The molecule has 0 amide bonds. The summed E-state index contributed by atoms with van der Waals surface area (Å²) in [7, 11) is 0. The minimum absolute atomic E-state index is 0.00121. The smallest absolute Gasteiger partial charge is 0.356 e. The second kappa shape index (κ2) is 4.47. The predicted molar refractivity (Wildman–Crippen MR) is 73.1 cm³/mol. The molecule has 0 bridgehead atoms. The van der Waals surface area contributed by atoms with Crippen molar-refractivity contribution in [2.24, 2.45) is 0 Å². The summed E-state index contributed by atoms with van der Waals surface area (Å²) in [6.07, 6.45) is 4.66. The molecular formula is C13H8BrN3O2. The maximum atomic E-state index is 11.0. The van der Waals surface area contributed by atoms with Crippen molar-refractivity contribution in [3.63, 3.8) is 0 Å². The molecule has 0 fully saturated rings. The van der Waals surface area contributed by atoms with Gasteiger partial charge < -0.3 is 5.11 Å². The van der Waals surface area contributed by atoms with Crippen LogP contribution in [0.3, 0.4) is 0 Å². The maximum absolute atomic E-state index is 11.0. The number of carbonyl (C=O) groups is 1. The van der Waals surface area contributed by atoms with E-state index in [0.717, 1.165) is 15.6 Å². The quantitative estimate of drug-likeness (QED) is 0.789. The van der Waals surface area contributed by atoms with Gasteiger partial charge in [0, 0.05) is 28.0 Å². The monoisotopic (exact) mass is 317 g/mol. The van der Waals surface area contributed by atoms with Crippen LogP contribution in [0.5, 0.6) is 0 Å². The third-order valence-corrected chi connectivity index (χ3v) is 3.44. The van der Waals surface area contributed by atoms with Crippen molar-refractivity contribution in [2.75, 3.05) is 0 Å². The lowest BCUT2D eigenvalue weighted by Crippen LogP contribution is -1.95. The third kappa shape index (κ3) is 2.00. The molecule has 1 aromatic carbocycles. The highest BCUT2D eigenvalue weighted by atomic mass is 79.9. The molecule has 3 rings (SSSR count). The molecule has 2 aromatic heterocycles. The Morgan fingerprint density at radius 3 is 2.79 bits per heavy atom. The normalized spacial score (nSPS) is 10.8. The summed E-state index contributed by atoms with van der Waals surface area (Å²) in [4.78, 5) is 19.2. The predicted octanol–water partition coefficient (Wildman–Crippen LogP) is 2.86. The average Bonchev–Trinajstić information content (AvgIpc) is 2.83. The van der Waals surface area contributed by atoms with Crippen LogP contribution in [0, 0.1) is 0 Å². The molecule has 19 heavy (non-hydrogen) atoms. The average molecular weight is 318 g/mol. The molecule has 3 aromatic rings. The zero-order valence-corrected chi connectivity index (χ0v) is 11.2. The van der Waals surface area contributed by atoms with Crippen LogP contribution in [0.1, 0.15) is 10.5 Å². The summed E-state index contributed by atoms with van der Waals surface area (Å²) in [5.74, 6) is -1.05. The zero-order chi connectivity index (χ0) is 13.4. The van der Waals surface area contributed by atoms with Crippen LogP contribution in [-0.2, 0) is 0 Å². The summed E-state index contributed by atoms with van der Waals surface area (Å²) >= 11 is 3.47. The fourth-order valence-corrected chi connectivity index (χ4v) is 2.39. The van der Waals surface area contributed by atoms with Crippen molar-refractivity contribution in [3.8, 4) is 11.1 Å². The van der Waals surface area contributed by atoms with E-state index in [1.54, 1.807) is 10.6 Å². The second-order valence-corrected chi connectivity index (χ2v) is 4.80. The number of hydrogen-bond donors (Lipinski definition) is 1. The number of nitrogens with zero attached hydrogens (tertiary/aromatic N) is 3. The molecule has 0 aliphatic heterocycles. The Morgan fingerprint density at radius 2 is 2.05 bits per heavy atom. The Bertz CT molecular complexity index is 782. The standard InChI is InChI=1S/C13H8BrN3O2/c14-10-4-2-1-3-8(10)9-5-15-7-17-6-11(13(18)19)16-12(9)17/h1-7H,(H,18,19). The molecule has 6 heteroatoms. The van der Waals surface area contributed by atoms with Gasteiger partial charge in [-0.15, -0.1) is 0 Å². The van der Waals surface area contributed by atoms with Crippen LogP contribution >= 0.6 is 15.9 Å². The molecule has 0 spiro atoms. The first-order valence-electron chi connectivity index (χ1n) is 5.48. The van der Waals surface area contributed by atoms with Crippen LogP contribution in [-0.4, -0.2) is 25.4 Å². The maximum Gasteiger partial charge on any atom is 0.356 e. The van der Waals surface area contributed by atoms with Crippen LogP contribution in [0.4, 0.5) is 0 Å². The lowest BCUT2D eigenvalue weighted by atomic mass is 10.1. The van der Waals surface area contributed by atoms with Crippen molar-refractivity contribution >= 4 is 27.5 Å². The lowest BCUT2D eigenvalue weighted by molar-refractivity contribution is 0.0691. The molecule has 2 heterocycles. The number of aromatic carboxylic acids is 1. The van der Waals surface area contributed by atoms with Crippen LogP contribution in [0.25, 0.3) is 16.8 Å². The number of carboxylic acid groups (broad SMARTS) is 1. The van der Waals surface area contributed by atoms with Crippen molar-refractivity contribution in [1.29, 1.82) is 0 Å². The summed E-state index contributed by atoms with van der Waals surface area (Å²) < 4.78 is 2.52. The Morgan fingerprint density at radius 1 is 1.26 bits per heavy atom. The zero-order valence-electron chi connectivity index (χ0n) is 9.62. The largest absolute Gasteiger partial charge is 0.476 e. The van der Waals surface area contributed by atoms with E-state index in [0.29, 0.717) is 5.65 Å². The van der Waals surface area contributed by atoms with Gasteiger partial charge in [0.15, 0.2) is 5.69 Å². The van der Waals surface area contributed by atoms with Gasteiger partial charge in [-0.2, -0.15) is 0 Å². The van der Waals surface area contributed by atoms with Gasteiger partial charge in [-0.3, -0.25) is 4.40 Å². The van der Waals surface area contributed by atoms with E-state index in [1.165, 1.54) is 12.5 Å². The molecule has 0 radical (unpaired) electrons. The van der Waals surface area contributed by atoms with Crippen molar-refractivity contribution in [1.82, 2.24) is 14.4 Å². The highest BCUT2D eigenvalue weighted by molar-refractivity contribution is 9.10. The molecule has 5 nitrogen and oxygen atoms in total. The van der Waals surface area contributed by atoms with E-state index in [-0.39, 0.29) is 5.69 Å². The topological polar surface area (TPSA) is 67.5 Å². The fraction of sp³-hybridized carbons (Fsp3) is 0. The number of imidazole rings is 1. The highest BCUT2D eigenvalue weighted by Crippen LogP contribution is 2.30. The number of carboxylic acids is 1. The molecular weight excluding hydrogens is 310 g/mol. The van der Waals surface area contributed by atoms with Crippen LogP contribution in [0.2, 0.25) is 0 Å². The van der Waals surface area contributed by atoms with Crippen molar-refractivity contribution in [3.05, 3.63) is 53.2 Å².